The van der Waals surface area contributed by atoms with Gasteiger partial charge in [0.2, 0.25) is 0 Å². The van der Waals surface area contributed by atoms with Crippen LogP contribution in [-0.2, 0) is 0 Å². The van der Waals surface area contributed by atoms with E-state index in [0.717, 1.165) is 0 Å². The van der Waals surface area contributed by atoms with Crippen LogP contribution >= 0.6 is 0 Å². The van der Waals surface area contributed by atoms with Crippen LogP contribution < -0.4 is 0 Å². The number of rotatable bonds is 46. The Morgan fingerprint density at radius 2 is 0.545 bits per heavy atom. The van der Waals surface area contributed by atoms with E-state index >= 15 is 0 Å². The van der Waals surface area contributed by atoms with Gasteiger partial charge in [-0.2, -0.15) is 0 Å². The molecule has 0 bridgehead atoms. The molecule has 0 fully saturated rings. The molecule has 1 aromatic heterocycles. The maximum Gasteiger partial charge on any atom is 0.0450 e. The summed E-state index contributed by atoms with van der Waals surface area (Å²) in [5, 5.41) is 0. The molecule has 1 aromatic rings. The van der Waals surface area contributed by atoms with Crippen LogP contribution in [0.2, 0.25) is 0 Å². The van der Waals surface area contributed by atoms with Gasteiger partial charge in [0, 0.05) is 11.9 Å². The number of nitrogens with one attached hydrogen (secondary N) is 1. The van der Waals surface area contributed by atoms with Crippen molar-refractivity contribution in [1.82, 2.24) is 4.98 Å². The molecule has 1 heteroatoms. The highest BCUT2D eigenvalue weighted by molar-refractivity contribution is 5.62. The van der Waals surface area contributed by atoms with Crippen LogP contribution in [0.5, 0.6) is 0 Å². The zero-order chi connectivity index (χ0) is 39.2. The Labute approximate surface area is 348 Å². The molecule has 0 unspecified atom stereocenters. The van der Waals surface area contributed by atoms with E-state index < -0.39 is 0 Å². The average Bonchev–Trinajstić information content (AvgIpc) is 3.65. The fourth-order valence-electron chi connectivity index (χ4n) is 8.48. The van der Waals surface area contributed by atoms with Crippen LogP contribution in [0, 0.1) is 0 Å². The van der Waals surface area contributed by atoms with E-state index in [-0.39, 0.29) is 0 Å². The van der Waals surface area contributed by atoms with E-state index in [1.54, 1.807) is 0 Å². The minimum atomic E-state index is 1.21. The molecule has 1 nitrogen and oxygen atoms in total. The van der Waals surface area contributed by atoms with Gasteiger partial charge >= 0.3 is 0 Å². The van der Waals surface area contributed by atoms with Crippen LogP contribution in [-0.4, -0.2) is 4.98 Å². The maximum atomic E-state index is 3.45. The third-order valence-electron chi connectivity index (χ3n) is 12.3. The van der Waals surface area contributed by atoms with Crippen molar-refractivity contribution in [3.05, 3.63) is 35.7 Å². The molecule has 322 valence electrons. The Morgan fingerprint density at radius 3 is 0.818 bits per heavy atom. The molecule has 0 saturated heterocycles. The fraction of sp³-hybridized carbons (Fsp3) is 0.852. The highest BCUT2D eigenvalue weighted by atomic mass is 14.7. The van der Waals surface area contributed by atoms with E-state index in [4.69, 9.17) is 0 Å². The zero-order valence-electron chi connectivity index (χ0n) is 38.1. The van der Waals surface area contributed by atoms with Crippen LogP contribution in [0.3, 0.4) is 0 Å². The summed E-state index contributed by atoms with van der Waals surface area (Å²) >= 11 is 0. The van der Waals surface area contributed by atoms with Crippen molar-refractivity contribution in [2.24, 2.45) is 0 Å². The van der Waals surface area contributed by atoms with E-state index in [0.29, 0.717) is 0 Å². The van der Waals surface area contributed by atoms with Crippen LogP contribution in [0.15, 0.2) is 24.4 Å². The minimum absolute atomic E-state index is 1.21. The first-order chi connectivity index (χ1) is 27.4. The van der Waals surface area contributed by atoms with Crippen molar-refractivity contribution in [3.63, 3.8) is 0 Å². The second-order valence-electron chi connectivity index (χ2n) is 17.9. The van der Waals surface area contributed by atoms with Crippen molar-refractivity contribution in [2.75, 3.05) is 0 Å². The third-order valence-corrected chi connectivity index (χ3v) is 12.3. The molecule has 1 N–H and O–H groups in total. The highest BCUT2D eigenvalue weighted by Crippen LogP contribution is 2.18. The minimum Gasteiger partial charge on any atom is -0.361 e. The Morgan fingerprint density at radius 1 is 0.309 bits per heavy atom. The Balaban J connectivity index is 1.81. The predicted molar refractivity (Wildman–Crippen MR) is 253 cm³/mol. The number of H-pyrrole nitrogens is 1. The summed E-state index contributed by atoms with van der Waals surface area (Å²) in [6.45, 7) is 4.62. The highest BCUT2D eigenvalue weighted by Gasteiger charge is 1.99. The number of aromatic amines is 1. The molecule has 0 aliphatic carbocycles. The summed E-state index contributed by atoms with van der Waals surface area (Å²) in [6.07, 6.45) is 74.9. The van der Waals surface area contributed by atoms with Crippen LogP contribution in [0.25, 0.3) is 12.2 Å². The number of allylic oxidation sites excluding steroid dienone is 2. The van der Waals surface area contributed by atoms with Gasteiger partial charge in [-0.25, -0.2) is 0 Å². The number of hydrogen-bond donors (Lipinski definition) is 1. The van der Waals surface area contributed by atoms with Crippen molar-refractivity contribution >= 4 is 12.2 Å². The van der Waals surface area contributed by atoms with Gasteiger partial charge in [-0.1, -0.05) is 289 Å². The Kier molecular flexibility index (Phi) is 42.8. The summed E-state index contributed by atoms with van der Waals surface area (Å²) in [4.78, 5) is 3.45. The molecule has 1 rings (SSSR count). The zero-order valence-corrected chi connectivity index (χ0v) is 38.1. The molecular formula is C54H101N. The Bertz CT molecular complexity index is 820. The summed E-state index contributed by atoms with van der Waals surface area (Å²) in [5.74, 6) is 0. The third kappa shape index (κ3) is 39.4. The monoisotopic (exact) mass is 764 g/mol. The van der Waals surface area contributed by atoms with E-state index in [1.165, 1.54) is 294 Å². The molecule has 55 heavy (non-hydrogen) atoms. The van der Waals surface area contributed by atoms with Crippen LogP contribution in [0.1, 0.15) is 308 Å². The maximum absolute atomic E-state index is 3.45. The first-order valence-corrected chi connectivity index (χ1v) is 25.9. The first-order valence-electron chi connectivity index (χ1n) is 25.9. The SMILES string of the molecule is CCCCCCCCCCCCCCCCCCCCCCC/C=C/c1cc[nH]c1/C=C/CCCCCCCCCCCCCCCCCCCCCCC. The lowest BCUT2D eigenvalue weighted by Crippen LogP contribution is -1.84. The van der Waals surface area contributed by atoms with Gasteiger partial charge in [-0.05, 0) is 43.4 Å². The topological polar surface area (TPSA) is 15.8 Å². The molecule has 0 spiro atoms. The predicted octanol–water partition coefficient (Wildman–Crippen LogP) is 20.2. The summed E-state index contributed by atoms with van der Waals surface area (Å²) in [7, 11) is 0. The van der Waals surface area contributed by atoms with Crippen LogP contribution in [0.4, 0.5) is 0 Å². The number of unbranched alkanes of at least 4 members (excludes halogenated alkanes) is 42. The number of aromatic nitrogens is 1. The molecule has 0 aliphatic heterocycles. The molecule has 0 radical (unpaired) electrons. The number of hydrogen-bond acceptors (Lipinski definition) is 0. The van der Waals surface area contributed by atoms with Crippen molar-refractivity contribution in [1.29, 1.82) is 0 Å². The van der Waals surface area contributed by atoms with Gasteiger partial charge in [-0.3, -0.25) is 0 Å². The normalized spacial score (nSPS) is 12.0. The fourth-order valence-corrected chi connectivity index (χ4v) is 8.48. The standard InChI is InChI=1S/C54H101N/c1-3-5-7-9-11-13-15-17-19-21-23-25-27-29-31-33-35-37-39-41-43-45-47-49-53-51-52-55-54(53)50-48-46-44-42-40-38-36-34-32-30-28-26-24-22-20-18-16-14-12-10-8-6-4-2/h47-52,55H,3-46H2,1-2H3/b49-47+,50-48+. The summed E-state index contributed by atoms with van der Waals surface area (Å²) in [5.41, 5.74) is 2.62. The van der Waals surface area contributed by atoms with E-state index in [2.05, 4.69) is 55.4 Å². The molecule has 0 saturated carbocycles. The van der Waals surface area contributed by atoms with Gasteiger partial charge < -0.3 is 4.98 Å². The van der Waals surface area contributed by atoms with Crippen molar-refractivity contribution in [3.8, 4) is 0 Å². The molecule has 0 atom stereocenters. The molecule has 0 aromatic carbocycles. The summed E-state index contributed by atoms with van der Waals surface area (Å²) in [6, 6.07) is 2.23. The average molecular weight is 764 g/mol. The lowest BCUT2D eigenvalue weighted by atomic mass is 10.0. The van der Waals surface area contributed by atoms with Gasteiger partial charge in [0.25, 0.3) is 0 Å². The largest absolute Gasteiger partial charge is 0.361 e. The lowest BCUT2D eigenvalue weighted by molar-refractivity contribution is 0.520. The van der Waals surface area contributed by atoms with Gasteiger partial charge in [0.05, 0.1) is 0 Å². The molecular weight excluding hydrogens is 663 g/mol. The quantitative estimate of drug-likeness (QED) is 0.0637. The van der Waals surface area contributed by atoms with E-state index in [9.17, 15) is 0 Å². The second-order valence-corrected chi connectivity index (χ2v) is 17.9. The molecule has 0 amide bonds. The first kappa shape index (κ1) is 51.8. The molecule has 0 aliphatic rings. The smallest absolute Gasteiger partial charge is 0.0450 e. The Hall–Kier alpha value is -1.24. The van der Waals surface area contributed by atoms with Gasteiger partial charge in [0.15, 0.2) is 0 Å². The lowest BCUT2D eigenvalue weighted by Gasteiger charge is -2.04. The van der Waals surface area contributed by atoms with Gasteiger partial charge in [-0.15, -0.1) is 0 Å². The second kappa shape index (κ2) is 45.5. The summed E-state index contributed by atoms with van der Waals surface area (Å²) < 4.78 is 0. The van der Waals surface area contributed by atoms with Gasteiger partial charge in [0.1, 0.15) is 0 Å². The van der Waals surface area contributed by atoms with E-state index in [1.807, 2.05) is 0 Å². The molecule has 1 heterocycles. The van der Waals surface area contributed by atoms with Crippen molar-refractivity contribution in [2.45, 2.75) is 296 Å². The van der Waals surface area contributed by atoms with Crippen molar-refractivity contribution < 1.29 is 0 Å².